The third-order valence-electron chi connectivity index (χ3n) is 3.38. The Balaban J connectivity index is 1.94. The van der Waals surface area contributed by atoms with Crippen LogP contribution in [0.5, 0.6) is 0 Å². The maximum absolute atomic E-state index is 13.9. The second-order valence-corrected chi connectivity index (χ2v) is 8.19. The third kappa shape index (κ3) is 5.84. The van der Waals surface area contributed by atoms with Crippen LogP contribution >= 0.6 is 11.8 Å². The zero-order valence-electron chi connectivity index (χ0n) is 13.5. The van der Waals surface area contributed by atoms with Crippen molar-refractivity contribution in [2.45, 2.75) is 23.1 Å². The van der Waals surface area contributed by atoms with E-state index in [-0.39, 0.29) is 22.1 Å². The molecule has 0 atom stereocenters. The predicted molar refractivity (Wildman–Crippen MR) is 94.8 cm³/mol. The Morgan fingerprint density at radius 2 is 1.88 bits per heavy atom. The molecule has 2 aromatic rings. The van der Waals surface area contributed by atoms with Gasteiger partial charge in [0.25, 0.3) is 0 Å². The first-order valence-corrected chi connectivity index (χ1v) is 9.94. The Morgan fingerprint density at radius 3 is 2.48 bits per heavy atom. The fourth-order valence-electron chi connectivity index (χ4n) is 2.09. The topological polar surface area (TPSA) is 83.5 Å². The lowest BCUT2D eigenvalue weighted by molar-refractivity contribution is -0.133. The van der Waals surface area contributed by atoms with Gasteiger partial charge in [-0.2, -0.15) is 0 Å². The van der Waals surface area contributed by atoms with Gasteiger partial charge in [-0.25, -0.2) is 17.5 Å². The molecular weight excluding hydrogens is 365 g/mol. The molecule has 2 rings (SSSR count). The zero-order valence-corrected chi connectivity index (χ0v) is 15.2. The van der Waals surface area contributed by atoms with Crippen molar-refractivity contribution in [1.82, 2.24) is 4.72 Å². The number of nitrogens with one attached hydrogen (secondary N) is 1. The molecule has 0 aliphatic rings. The molecule has 25 heavy (non-hydrogen) atoms. The summed E-state index contributed by atoms with van der Waals surface area (Å²) in [4.78, 5) is 11.0. The molecule has 0 unspecified atom stereocenters. The van der Waals surface area contributed by atoms with Gasteiger partial charge in [-0.1, -0.05) is 23.8 Å². The van der Waals surface area contributed by atoms with E-state index in [1.54, 1.807) is 18.2 Å². The maximum atomic E-state index is 13.9. The molecule has 8 heteroatoms. The van der Waals surface area contributed by atoms with E-state index >= 15 is 0 Å². The van der Waals surface area contributed by atoms with Crippen molar-refractivity contribution in [3.63, 3.8) is 0 Å². The highest BCUT2D eigenvalue weighted by atomic mass is 32.2. The molecule has 0 fully saturated rings. The van der Waals surface area contributed by atoms with Gasteiger partial charge < -0.3 is 5.11 Å². The standard InChI is InChI=1S/C17H18FNO4S2/c1-12-2-5-14(6-3-12)25(22,23)19-9-8-13-4-7-16(15(18)10-13)24-11-17(20)21/h2-7,10,19H,8-9,11H2,1H3,(H,20,21). The van der Waals surface area contributed by atoms with Crippen LogP contribution in [-0.2, 0) is 21.2 Å². The minimum atomic E-state index is -3.60. The monoisotopic (exact) mass is 383 g/mol. The highest BCUT2D eigenvalue weighted by molar-refractivity contribution is 8.00. The van der Waals surface area contributed by atoms with Crippen LogP contribution in [0.2, 0.25) is 0 Å². The van der Waals surface area contributed by atoms with Gasteiger partial charge in [0.2, 0.25) is 10.0 Å². The Labute approximate surface area is 150 Å². The summed E-state index contributed by atoms with van der Waals surface area (Å²) in [7, 11) is -3.60. The predicted octanol–water partition coefficient (Wildman–Crippen LogP) is 2.83. The Kier molecular flexibility index (Phi) is 6.57. The number of carboxylic acid groups (broad SMARTS) is 1. The molecule has 5 nitrogen and oxygen atoms in total. The number of sulfonamides is 1. The van der Waals surface area contributed by atoms with Gasteiger partial charge in [0.1, 0.15) is 5.82 Å². The number of carbonyl (C=O) groups is 1. The van der Waals surface area contributed by atoms with E-state index in [2.05, 4.69) is 4.72 Å². The van der Waals surface area contributed by atoms with Gasteiger partial charge in [-0.05, 0) is 43.2 Å². The first kappa shape index (κ1) is 19.4. The van der Waals surface area contributed by atoms with Gasteiger partial charge in [0.05, 0.1) is 10.6 Å². The number of aliphatic carboxylic acids is 1. The van der Waals surface area contributed by atoms with Crippen molar-refractivity contribution in [1.29, 1.82) is 0 Å². The lowest BCUT2D eigenvalue weighted by Crippen LogP contribution is -2.26. The van der Waals surface area contributed by atoms with Crippen LogP contribution in [0.3, 0.4) is 0 Å². The summed E-state index contributed by atoms with van der Waals surface area (Å²) in [6, 6.07) is 11.0. The van der Waals surface area contributed by atoms with E-state index in [9.17, 15) is 17.6 Å². The molecular formula is C17H18FNO4S2. The molecule has 2 N–H and O–H groups in total. The molecule has 134 valence electrons. The summed E-state index contributed by atoms with van der Waals surface area (Å²) in [6.45, 7) is 2.01. The number of benzene rings is 2. The van der Waals surface area contributed by atoms with Gasteiger partial charge in [0.15, 0.2) is 0 Å². The fraction of sp³-hybridized carbons (Fsp3) is 0.235. The molecule has 0 bridgehead atoms. The zero-order chi connectivity index (χ0) is 18.4. The molecule has 0 aliphatic heterocycles. The van der Waals surface area contributed by atoms with E-state index in [0.717, 1.165) is 17.3 Å². The van der Waals surface area contributed by atoms with Gasteiger partial charge in [0, 0.05) is 11.4 Å². The summed E-state index contributed by atoms with van der Waals surface area (Å²) in [5.41, 5.74) is 1.60. The summed E-state index contributed by atoms with van der Waals surface area (Å²) in [5, 5.41) is 8.61. The number of halogens is 1. The van der Waals surface area contributed by atoms with E-state index in [4.69, 9.17) is 5.11 Å². The molecule has 0 aromatic heterocycles. The molecule has 0 spiro atoms. The van der Waals surface area contributed by atoms with Gasteiger partial charge >= 0.3 is 5.97 Å². The molecule has 0 amide bonds. The highest BCUT2D eigenvalue weighted by Gasteiger charge is 2.13. The highest BCUT2D eigenvalue weighted by Crippen LogP contribution is 2.22. The average molecular weight is 383 g/mol. The Morgan fingerprint density at radius 1 is 1.20 bits per heavy atom. The summed E-state index contributed by atoms with van der Waals surface area (Å²) in [6.07, 6.45) is 0.325. The van der Waals surface area contributed by atoms with Crippen LogP contribution in [0, 0.1) is 12.7 Å². The lowest BCUT2D eigenvalue weighted by atomic mass is 10.1. The minimum Gasteiger partial charge on any atom is -0.481 e. The van der Waals surface area contributed by atoms with Crippen molar-refractivity contribution in [2.75, 3.05) is 12.3 Å². The third-order valence-corrected chi connectivity index (χ3v) is 5.89. The second-order valence-electron chi connectivity index (χ2n) is 5.41. The molecule has 0 radical (unpaired) electrons. The molecule has 0 saturated carbocycles. The van der Waals surface area contributed by atoms with Crippen LogP contribution in [0.4, 0.5) is 4.39 Å². The first-order valence-electron chi connectivity index (χ1n) is 7.47. The van der Waals surface area contributed by atoms with Crippen molar-refractivity contribution in [3.05, 3.63) is 59.4 Å². The Hall–Kier alpha value is -1.90. The number of rotatable bonds is 8. The Bertz CT molecular complexity index is 851. The maximum Gasteiger partial charge on any atom is 0.313 e. The number of thioether (sulfide) groups is 1. The quantitative estimate of drug-likeness (QED) is 0.685. The largest absolute Gasteiger partial charge is 0.481 e. The minimum absolute atomic E-state index is 0.136. The van der Waals surface area contributed by atoms with E-state index < -0.39 is 21.8 Å². The molecule has 2 aromatic carbocycles. The number of aryl methyl sites for hydroxylation is 1. The van der Waals surface area contributed by atoms with Gasteiger partial charge in [-0.3, -0.25) is 4.79 Å². The van der Waals surface area contributed by atoms with E-state index in [1.807, 2.05) is 6.92 Å². The van der Waals surface area contributed by atoms with Crippen LogP contribution in [0.25, 0.3) is 0 Å². The summed E-state index contributed by atoms with van der Waals surface area (Å²) < 4.78 is 40.7. The summed E-state index contributed by atoms with van der Waals surface area (Å²) in [5.74, 6) is -1.74. The van der Waals surface area contributed by atoms with Crippen molar-refractivity contribution < 1.29 is 22.7 Å². The van der Waals surface area contributed by atoms with Crippen molar-refractivity contribution in [3.8, 4) is 0 Å². The van der Waals surface area contributed by atoms with Crippen LogP contribution < -0.4 is 4.72 Å². The van der Waals surface area contributed by atoms with Gasteiger partial charge in [-0.15, -0.1) is 11.8 Å². The van der Waals surface area contributed by atoms with Crippen LogP contribution in [-0.4, -0.2) is 31.8 Å². The van der Waals surface area contributed by atoms with E-state index in [1.165, 1.54) is 24.3 Å². The SMILES string of the molecule is Cc1ccc(S(=O)(=O)NCCc2ccc(SCC(=O)O)c(F)c2)cc1. The smallest absolute Gasteiger partial charge is 0.313 e. The number of hydrogen-bond donors (Lipinski definition) is 2. The molecule has 0 saturated heterocycles. The summed E-state index contributed by atoms with van der Waals surface area (Å²) >= 11 is 0.904. The van der Waals surface area contributed by atoms with Crippen LogP contribution in [0.15, 0.2) is 52.3 Å². The normalized spacial score (nSPS) is 11.4. The lowest BCUT2D eigenvalue weighted by Gasteiger charge is -2.08. The second kappa shape index (κ2) is 8.46. The molecule has 0 aliphatic carbocycles. The molecule has 0 heterocycles. The first-order chi connectivity index (χ1) is 11.8. The number of carboxylic acids is 1. The fourth-order valence-corrected chi connectivity index (χ4v) is 3.76. The average Bonchev–Trinajstić information content (AvgIpc) is 2.54. The van der Waals surface area contributed by atoms with Crippen molar-refractivity contribution >= 4 is 27.8 Å². The van der Waals surface area contributed by atoms with Crippen molar-refractivity contribution in [2.24, 2.45) is 0 Å². The number of hydrogen-bond acceptors (Lipinski definition) is 4. The van der Waals surface area contributed by atoms with Crippen LogP contribution in [0.1, 0.15) is 11.1 Å². The van der Waals surface area contributed by atoms with E-state index in [0.29, 0.717) is 12.0 Å².